The Balaban J connectivity index is 2.05. The maximum absolute atomic E-state index is 13.9. The summed E-state index contributed by atoms with van der Waals surface area (Å²) in [5.74, 6) is -3.03. The van der Waals surface area contributed by atoms with Crippen molar-refractivity contribution in [2.24, 2.45) is 11.8 Å². The molecule has 0 unspecified atom stereocenters. The van der Waals surface area contributed by atoms with E-state index in [0.29, 0.717) is 24.8 Å². The summed E-state index contributed by atoms with van der Waals surface area (Å²) in [6.07, 6.45) is -1.09. The minimum atomic E-state index is -3.34. The first-order valence-electron chi connectivity index (χ1n) is 6.40. The fourth-order valence-corrected chi connectivity index (χ4v) is 2.38. The summed E-state index contributed by atoms with van der Waals surface area (Å²) in [5.41, 5.74) is 0. The molecule has 0 saturated heterocycles. The van der Waals surface area contributed by atoms with Crippen molar-refractivity contribution in [3.8, 4) is 5.75 Å². The van der Waals surface area contributed by atoms with Crippen LogP contribution in [0.3, 0.4) is 0 Å². The quantitative estimate of drug-likeness (QED) is 0.723. The van der Waals surface area contributed by atoms with Crippen molar-refractivity contribution in [2.75, 3.05) is 0 Å². The van der Waals surface area contributed by atoms with E-state index in [-0.39, 0.29) is 5.75 Å². The lowest BCUT2D eigenvalue weighted by atomic mass is 9.82. The van der Waals surface area contributed by atoms with Crippen LogP contribution in [-0.4, -0.2) is 6.11 Å². The summed E-state index contributed by atoms with van der Waals surface area (Å²) < 4.78 is 58.1. The van der Waals surface area contributed by atoms with Gasteiger partial charge in [-0.1, -0.05) is 19.8 Å². The van der Waals surface area contributed by atoms with Crippen LogP contribution >= 0.6 is 0 Å². The minimum absolute atomic E-state index is 0.345. The van der Waals surface area contributed by atoms with Gasteiger partial charge in [-0.25, -0.2) is 8.78 Å². The number of alkyl halides is 2. The van der Waals surface area contributed by atoms with E-state index in [9.17, 15) is 17.6 Å². The molecule has 1 nitrogen and oxygen atoms in total. The molecule has 0 bridgehead atoms. The molecule has 1 aromatic carbocycles. The number of ether oxygens (including phenoxy) is 1. The molecule has 1 aromatic rings. The Morgan fingerprint density at radius 1 is 1.05 bits per heavy atom. The Morgan fingerprint density at radius 3 is 2.26 bits per heavy atom. The molecule has 0 N–H and O–H groups in total. The van der Waals surface area contributed by atoms with Crippen LogP contribution in [0.15, 0.2) is 18.2 Å². The largest absolute Gasteiger partial charge is 0.432 e. The van der Waals surface area contributed by atoms with E-state index in [2.05, 4.69) is 4.74 Å². The van der Waals surface area contributed by atoms with Gasteiger partial charge in [0.15, 0.2) is 11.6 Å². The maximum Gasteiger partial charge on any atom is 0.400 e. The molecule has 0 aliphatic heterocycles. The van der Waals surface area contributed by atoms with Gasteiger partial charge >= 0.3 is 6.11 Å². The molecule has 1 aliphatic carbocycles. The monoisotopic (exact) mass is 276 g/mol. The second-order valence-electron chi connectivity index (χ2n) is 5.20. The second kappa shape index (κ2) is 5.39. The third-order valence-electron chi connectivity index (χ3n) is 3.64. The third-order valence-corrected chi connectivity index (χ3v) is 3.64. The van der Waals surface area contributed by atoms with Crippen LogP contribution in [0.4, 0.5) is 17.6 Å². The van der Waals surface area contributed by atoms with Crippen LogP contribution < -0.4 is 4.74 Å². The Hall–Kier alpha value is -1.26. The lowest BCUT2D eigenvalue weighted by molar-refractivity contribution is -0.223. The van der Waals surface area contributed by atoms with Crippen LogP contribution in [-0.2, 0) is 0 Å². The van der Waals surface area contributed by atoms with Crippen LogP contribution in [0, 0.1) is 23.5 Å². The normalized spacial score (nSPS) is 24.3. The fraction of sp³-hybridized carbons (Fsp3) is 0.571. The smallest absolute Gasteiger partial charge is 0.400 e. The van der Waals surface area contributed by atoms with E-state index in [1.807, 2.05) is 6.92 Å². The van der Waals surface area contributed by atoms with Crippen molar-refractivity contribution in [3.63, 3.8) is 0 Å². The van der Waals surface area contributed by atoms with Gasteiger partial charge in [-0.3, -0.25) is 0 Å². The Kier molecular flexibility index (Phi) is 4.02. The average Bonchev–Trinajstić information content (AvgIpc) is 2.34. The molecule has 0 aromatic heterocycles. The highest BCUT2D eigenvalue weighted by Gasteiger charge is 2.43. The van der Waals surface area contributed by atoms with Crippen LogP contribution in [0.25, 0.3) is 0 Å². The lowest BCUT2D eigenvalue weighted by Gasteiger charge is -2.32. The minimum Gasteiger partial charge on any atom is -0.432 e. The van der Waals surface area contributed by atoms with Crippen molar-refractivity contribution >= 4 is 0 Å². The van der Waals surface area contributed by atoms with Gasteiger partial charge in [0.2, 0.25) is 0 Å². The standard InChI is InChI=1S/C14H16F4O/c1-9-2-4-10(5-3-9)14(17,18)19-11-6-7-12(15)13(16)8-11/h6-10H,2-5H2,1H3. The molecule has 0 spiro atoms. The van der Waals surface area contributed by atoms with Gasteiger partial charge in [0, 0.05) is 6.07 Å². The first-order valence-corrected chi connectivity index (χ1v) is 6.40. The molecule has 2 rings (SSSR count). The molecule has 19 heavy (non-hydrogen) atoms. The van der Waals surface area contributed by atoms with E-state index in [1.54, 1.807) is 0 Å². The van der Waals surface area contributed by atoms with Gasteiger partial charge in [-0.05, 0) is 30.9 Å². The summed E-state index contributed by atoms with van der Waals surface area (Å²) in [6.45, 7) is 2.03. The number of benzene rings is 1. The molecular formula is C14H16F4O. The highest BCUT2D eigenvalue weighted by Crippen LogP contribution is 2.39. The summed E-state index contributed by atoms with van der Waals surface area (Å²) in [4.78, 5) is 0. The van der Waals surface area contributed by atoms with E-state index >= 15 is 0 Å². The van der Waals surface area contributed by atoms with Crippen molar-refractivity contribution < 1.29 is 22.3 Å². The highest BCUT2D eigenvalue weighted by molar-refractivity contribution is 5.24. The Morgan fingerprint density at radius 2 is 1.68 bits per heavy atom. The summed E-state index contributed by atoms with van der Waals surface area (Å²) in [5, 5.41) is 0. The van der Waals surface area contributed by atoms with Crippen LogP contribution in [0.5, 0.6) is 5.75 Å². The van der Waals surface area contributed by atoms with Gasteiger partial charge < -0.3 is 4.74 Å². The van der Waals surface area contributed by atoms with Gasteiger partial charge in [-0.2, -0.15) is 8.78 Å². The first-order chi connectivity index (χ1) is 8.88. The lowest BCUT2D eigenvalue weighted by Crippen LogP contribution is -2.37. The maximum atomic E-state index is 13.9. The van der Waals surface area contributed by atoms with Crippen molar-refractivity contribution in [3.05, 3.63) is 29.8 Å². The third kappa shape index (κ3) is 3.39. The van der Waals surface area contributed by atoms with E-state index in [4.69, 9.17) is 0 Å². The zero-order valence-electron chi connectivity index (χ0n) is 10.6. The first kappa shape index (κ1) is 14.2. The molecule has 0 heterocycles. The van der Waals surface area contributed by atoms with Gasteiger partial charge in [0.25, 0.3) is 0 Å². The Bertz CT molecular complexity index is 439. The average molecular weight is 276 g/mol. The zero-order chi connectivity index (χ0) is 14.0. The molecule has 5 heteroatoms. The molecule has 1 aliphatic rings. The molecule has 106 valence electrons. The van der Waals surface area contributed by atoms with Gasteiger partial charge in [-0.15, -0.1) is 0 Å². The zero-order valence-corrected chi connectivity index (χ0v) is 10.6. The summed E-state index contributed by atoms with van der Waals surface area (Å²) >= 11 is 0. The predicted octanol–water partition coefficient (Wildman–Crippen LogP) is 4.76. The molecule has 0 radical (unpaired) electrons. The SMILES string of the molecule is CC1CCC(C(F)(F)Oc2ccc(F)c(F)c2)CC1. The number of hydrogen-bond donors (Lipinski definition) is 0. The summed E-state index contributed by atoms with van der Waals surface area (Å²) in [7, 11) is 0. The number of halogens is 4. The van der Waals surface area contributed by atoms with Crippen molar-refractivity contribution in [1.29, 1.82) is 0 Å². The van der Waals surface area contributed by atoms with Crippen LogP contribution in [0.2, 0.25) is 0 Å². The van der Waals surface area contributed by atoms with E-state index in [1.165, 1.54) is 0 Å². The van der Waals surface area contributed by atoms with E-state index < -0.39 is 23.7 Å². The Labute approximate surface area is 109 Å². The highest BCUT2D eigenvalue weighted by atomic mass is 19.3. The molecule has 1 saturated carbocycles. The van der Waals surface area contributed by atoms with Crippen molar-refractivity contribution in [2.45, 2.75) is 38.7 Å². The van der Waals surface area contributed by atoms with Gasteiger partial charge in [0.1, 0.15) is 5.75 Å². The van der Waals surface area contributed by atoms with Crippen LogP contribution in [0.1, 0.15) is 32.6 Å². The van der Waals surface area contributed by atoms with Crippen molar-refractivity contribution in [1.82, 2.24) is 0 Å². The number of rotatable bonds is 3. The number of hydrogen-bond acceptors (Lipinski definition) is 1. The summed E-state index contributed by atoms with van der Waals surface area (Å²) in [6, 6.07) is 2.44. The topological polar surface area (TPSA) is 9.23 Å². The molecule has 0 amide bonds. The van der Waals surface area contributed by atoms with Gasteiger partial charge in [0.05, 0.1) is 5.92 Å². The fourth-order valence-electron chi connectivity index (χ4n) is 2.38. The second-order valence-corrected chi connectivity index (χ2v) is 5.20. The molecular weight excluding hydrogens is 260 g/mol. The van der Waals surface area contributed by atoms with E-state index in [0.717, 1.165) is 25.0 Å². The predicted molar refractivity (Wildman–Crippen MR) is 63.1 cm³/mol. The molecule has 0 atom stereocenters. The molecule has 1 fully saturated rings.